The summed E-state index contributed by atoms with van der Waals surface area (Å²) in [4.78, 5) is 26.0. The number of carbonyl (C=O) groups is 2. The minimum Gasteiger partial charge on any atom is -0.484 e. The van der Waals surface area contributed by atoms with Crippen molar-refractivity contribution >= 4 is 45.4 Å². The van der Waals surface area contributed by atoms with Crippen LogP contribution in [-0.2, 0) is 17.6 Å². The zero-order valence-electron chi connectivity index (χ0n) is 18.0. The molecule has 0 saturated heterocycles. The number of carbonyl (C=O) groups excluding carboxylic acids is 2. The first-order chi connectivity index (χ1) is 15.9. The van der Waals surface area contributed by atoms with Crippen LogP contribution in [0.1, 0.15) is 39.7 Å². The molecule has 168 valence electrons. The second kappa shape index (κ2) is 10.1. The highest BCUT2D eigenvalue weighted by molar-refractivity contribution is 7.16. The Morgan fingerprint density at radius 2 is 1.94 bits per heavy atom. The van der Waals surface area contributed by atoms with Crippen LogP contribution in [0, 0.1) is 17.2 Å². The summed E-state index contributed by atoms with van der Waals surface area (Å²) in [5.74, 6) is 0.442. The van der Waals surface area contributed by atoms with Gasteiger partial charge in [0.25, 0.3) is 11.8 Å². The zero-order valence-corrected chi connectivity index (χ0v) is 19.6. The number of rotatable bonds is 6. The van der Waals surface area contributed by atoms with Gasteiger partial charge in [0.05, 0.1) is 16.1 Å². The van der Waals surface area contributed by atoms with Crippen molar-refractivity contribution in [3.63, 3.8) is 0 Å². The van der Waals surface area contributed by atoms with Crippen LogP contribution in [-0.4, -0.2) is 18.4 Å². The number of hydrogen-bond donors (Lipinski definition) is 2. The summed E-state index contributed by atoms with van der Waals surface area (Å²) >= 11 is 7.55. The first-order valence-corrected chi connectivity index (χ1v) is 11.8. The van der Waals surface area contributed by atoms with E-state index < -0.39 is 0 Å². The van der Waals surface area contributed by atoms with Gasteiger partial charge in [0.15, 0.2) is 6.61 Å². The summed E-state index contributed by atoms with van der Waals surface area (Å²) in [6.07, 6.45) is 2.88. The van der Waals surface area contributed by atoms with E-state index in [0.717, 1.165) is 24.8 Å². The third-order valence-electron chi connectivity index (χ3n) is 5.48. The van der Waals surface area contributed by atoms with Crippen LogP contribution < -0.4 is 15.4 Å². The fourth-order valence-electron chi connectivity index (χ4n) is 3.75. The minimum absolute atomic E-state index is 0.185. The summed E-state index contributed by atoms with van der Waals surface area (Å²) in [7, 11) is 0. The highest BCUT2D eigenvalue weighted by Crippen LogP contribution is 2.39. The summed E-state index contributed by atoms with van der Waals surface area (Å²) in [6, 6.07) is 15.8. The molecule has 2 aromatic carbocycles. The lowest BCUT2D eigenvalue weighted by atomic mass is 9.89. The maximum atomic E-state index is 12.4. The van der Waals surface area contributed by atoms with Crippen LogP contribution in [0.15, 0.2) is 48.5 Å². The van der Waals surface area contributed by atoms with Crippen LogP contribution in [0.5, 0.6) is 5.75 Å². The molecule has 3 aromatic rings. The quantitative estimate of drug-likeness (QED) is 0.476. The number of fused-ring (bicyclic) bond motifs is 1. The number of nitriles is 1. The van der Waals surface area contributed by atoms with Gasteiger partial charge in [-0.25, -0.2) is 0 Å². The lowest BCUT2D eigenvalue weighted by Gasteiger charge is -2.17. The lowest BCUT2D eigenvalue weighted by molar-refractivity contribution is -0.118. The van der Waals surface area contributed by atoms with E-state index in [0.29, 0.717) is 38.5 Å². The third kappa shape index (κ3) is 5.36. The standard InChI is InChI=1S/C25H22ClN3O3S/c1-15-6-11-18-20(13-27)25(33-22(18)12-15)29-23(30)14-32-17-9-7-16(8-10-17)28-24(31)19-4-2-3-5-21(19)26/h2-5,7-10,15H,6,11-12,14H2,1H3,(H,28,31)(H,29,30). The number of thiophene rings is 1. The topological polar surface area (TPSA) is 91.2 Å². The van der Waals surface area contributed by atoms with Crippen LogP contribution in [0.2, 0.25) is 5.02 Å². The molecule has 4 rings (SSSR count). The molecule has 1 aromatic heterocycles. The van der Waals surface area contributed by atoms with E-state index >= 15 is 0 Å². The number of benzene rings is 2. The first-order valence-electron chi connectivity index (χ1n) is 10.6. The van der Waals surface area contributed by atoms with E-state index in [2.05, 4.69) is 23.6 Å². The van der Waals surface area contributed by atoms with Gasteiger partial charge in [0.1, 0.15) is 16.8 Å². The highest BCUT2D eigenvalue weighted by atomic mass is 35.5. The largest absolute Gasteiger partial charge is 0.484 e. The van der Waals surface area contributed by atoms with E-state index in [1.807, 2.05) is 0 Å². The van der Waals surface area contributed by atoms with Gasteiger partial charge in [0.2, 0.25) is 0 Å². The van der Waals surface area contributed by atoms with Crippen LogP contribution >= 0.6 is 22.9 Å². The van der Waals surface area contributed by atoms with E-state index in [9.17, 15) is 14.9 Å². The first kappa shape index (κ1) is 22.8. The number of ether oxygens (including phenoxy) is 1. The van der Waals surface area contributed by atoms with Crippen molar-refractivity contribution in [3.8, 4) is 11.8 Å². The van der Waals surface area contributed by atoms with E-state index in [1.54, 1.807) is 48.5 Å². The summed E-state index contributed by atoms with van der Waals surface area (Å²) < 4.78 is 5.57. The molecule has 0 aliphatic heterocycles. The maximum Gasteiger partial charge on any atom is 0.262 e. The molecule has 1 unspecified atom stereocenters. The predicted molar refractivity (Wildman–Crippen MR) is 130 cm³/mol. The second-order valence-corrected chi connectivity index (χ2v) is 9.48. The van der Waals surface area contributed by atoms with Crippen LogP contribution in [0.4, 0.5) is 10.7 Å². The van der Waals surface area contributed by atoms with Crippen molar-refractivity contribution in [2.45, 2.75) is 26.2 Å². The van der Waals surface area contributed by atoms with Crippen molar-refractivity contribution in [1.82, 2.24) is 0 Å². The average molecular weight is 480 g/mol. The molecule has 1 atom stereocenters. The number of anilines is 2. The van der Waals surface area contributed by atoms with Crippen molar-refractivity contribution < 1.29 is 14.3 Å². The number of halogens is 1. The molecule has 2 N–H and O–H groups in total. The Balaban J connectivity index is 1.33. The van der Waals surface area contributed by atoms with E-state index in [4.69, 9.17) is 16.3 Å². The molecule has 0 fully saturated rings. The van der Waals surface area contributed by atoms with E-state index in [1.165, 1.54) is 16.2 Å². The van der Waals surface area contributed by atoms with Gasteiger partial charge in [0, 0.05) is 10.6 Å². The number of nitrogens with zero attached hydrogens (tertiary/aromatic N) is 1. The zero-order chi connectivity index (χ0) is 23.4. The van der Waals surface area contributed by atoms with Crippen molar-refractivity contribution in [3.05, 3.63) is 75.1 Å². The monoisotopic (exact) mass is 479 g/mol. The van der Waals surface area contributed by atoms with Gasteiger partial charge in [-0.3, -0.25) is 9.59 Å². The van der Waals surface area contributed by atoms with Gasteiger partial charge in [-0.2, -0.15) is 5.26 Å². The Bertz CT molecular complexity index is 1230. The molecule has 1 aliphatic carbocycles. The number of nitrogens with one attached hydrogen (secondary N) is 2. The molecule has 1 heterocycles. The Hall–Kier alpha value is -3.34. The minimum atomic E-state index is -0.325. The molecular weight excluding hydrogens is 458 g/mol. The van der Waals surface area contributed by atoms with Crippen molar-refractivity contribution in [1.29, 1.82) is 5.26 Å². The van der Waals surface area contributed by atoms with Gasteiger partial charge in [-0.1, -0.05) is 30.7 Å². The van der Waals surface area contributed by atoms with Crippen molar-refractivity contribution in [2.75, 3.05) is 17.2 Å². The van der Waals surface area contributed by atoms with Gasteiger partial charge in [-0.05, 0) is 67.1 Å². The predicted octanol–water partition coefficient (Wildman–Crippen LogP) is 5.67. The molecule has 33 heavy (non-hydrogen) atoms. The number of amides is 2. The molecule has 0 bridgehead atoms. The number of hydrogen-bond acceptors (Lipinski definition) is 5. The molecule has 0 spiro atoms. The Kier molecular flexibility index (Phi) is 6.97. The van der Waals surface area contributed by atoms with Gasteiger partial charge >= 0.3 is 0 Å². The molecule has 0 radical (unpaired) electrons. The summed E-state index contributed by atoms with van der Waals surface area (Å²) in [5.41, 5.74) is 2.62. The Morgan fingerprint density at radius 3 is 2.67 bits per heavy atom. The van der Waals surface area contributed by atoms with Gasteiger partial charge < -0.3 is 15.4 Å². The summed E-state index contributed by atoms with van der Waals surface area (Å²) in [5, 5.41) is 16.1. The Labute approximate surface area is 201 Å². The normalized spacial score (nSPS) is 14.6. The average Bonchev–Trinajstić information content (AvgIpc) is 3.14. The maximum absolute atomic E-state index is 12.4. The molecule has 0 saturated carbocycles. The van der Waals surface area contributed by atoms with Crippen LogP contribution in [0.25, 0.3) is 0 Å². The van der Waals surface area contributed by atoms with Gasteiger partial charge in [-0.15, -0.1) is 11.3 Å². The van der Waals surface area contributed by atoms with Crippen LogP contribution in [0.3, 0.4) is 0 Å². The van der Waals surface area contributed by atoms with E-state index in [-0.39, 0.29) is 18.4 Å². The SMILES string of the molecule is CC1CCc2c(sc(NC(=O)COc3ccc(NC(=O)c4ccccc4Cl)cc3)c2C#N)C1. The smallest absolute Gasteiger partial charge is 0.262 e. The molecule has 2 amide bonds. The molecule has 8 heteroatoms. The fraction of sp³-hybridized carbons (Fsp3) is 0.240. The molecule has 6 nitrogen and oxygen atoms in total. The Morgan fingerprint density at radius 1 is 1.18 bits per heavy atom. The van der Waals surface area contributed by atoms with Crippen molar-refractivity contribution in [2.24, 2.45) is 5.92 Å². The summed E-state index contributed by atoms with van der Waals surface area (Å²) in [6.45, 7) is 2.02. The molecule has 1 aliphatic rings. The molecular formula is C25H22ClN3O3S. The fourth-order valence-corrected chi connectivity index (χ4v) is 5.35. The second-order valence-electron chi connectivity index (χ2n) is 7.96. The highest BCUT2D eigenvalue weighted by Gasteiger charge is 2.24. The third-order valence-corrected chi connectivity index (χ3v) is 6.98. The lowest BCUT2D eigenvalue weighted by Crippen LogP contribution is -2.20.